The number of hydrogen-bond acceptors (Lipinski definition) is 10. The Morgan fingerprint density at radius 3 is 2.00 bits per heavy atom. The molecule has 0 radical (unpaired) electrons. The van der Waals surface area contributed by atoms with Gasteiger partial charge >= 0.3 is 6.09 Å². The first kappa shape index (κ1) is 44.0. The van der Waals surface area contributed by atoms with E-state index in [1.807, 2.05) is 42.6 Å². The minimum absolute atomic E-state index is 0.122. The lowest BCUT2D eigenvalue weighted by molar-refractivity contribution is 0.00568. The van der Waals surface area contributed by atoms with E-state index in [-0.39, 0.29) is 29.1 Å². The van der Waals surface area contributed by atoms with Crippen LogP contribution in [0.3, 0.4) is 0 Å². The molecule has 0 aliphatic carbocycles. The normalized spacial score (nSPS) is 19.7. The van der Waals surface area contributed by atoms with Gasteiger partial charge in [-0.25, -0.2) is 14.8 Å². The Morgan fingerprint density at radius 2 is 1.47 bits per heavy atom. The number of thiazole rings is 1. The van der Waals surface area contributed by atoms with Crippen molar-refractivity contribution in [3.63, 3.8) is 0 Å². The first-order valence-electron chi connectivity index (χ1n) is 20.3. The van der Waals surface area contributed by atoms with Crippen LogP contribution in [0.4, 0.5) is 10.6 Å². The van der Waals surface area contributed by atoms with Gasteiger partial charge in [0, 0.05) is 65.3 Å². The molecule has 2 aliphatic heterocycles. The van der Waals surface area contributed by atoms with Crippen LogP contribution in [-0.2, 0) is 25.2 Å². The van der Waals surface area contributed by atoms with Crippen molar-refractivity contribution in [3.05, 3.63) is 29.2 Å². The maximum Gasteiger partial charge on any atom is 0.410 e. The van der Waals surface area contributed by atoms with Crippen molar-refractivity contribution in [2.75, 3.05) is 31.6 Å². The Morgan fingerprint density at radius 1 is 0.891 bits per heavy atom. The number of rotatable bonds is 16. The molecule has 308 valence electrons. The maximum absolute atomic E-state index is 13.4. The van der Waals surface area contributed by atoms with E-state index in [0.29, 0.717) is 33.3 Å². The van der Waals surface area contributed by atoms with Crippen LogP contribution in [-0.4, -0.2) is 99.4 Å². The standard InChI is InChI=1S/C40H70N6O5SSi3/c1-39(2,3)51-38(47)45-30-15-16-31(45)22-29(21-30)33-23-36(44(27-48-17-19-53(7,8)9)28-49-18-20-54(10,11)12)46-37(43-33)32(24-42-46)34-25-41-35(52-34)26-50-55(13,14)40(4,5)6/h23-25,29-31H,15-22,26-28H2,1-14H3/t29?,30-,31+. The Kier molecular flexibility index (Phi) is 13.6. The highest BCUT2D eigenvalue weighted by molar-refractivity contribution is 7.15. The molecule has 5 rings (SSSR count). The summed E-state index contributed by atoms with van der Waals surface area (Å²) in [6.45, 7) is 34.1. The van der Waals surface area contributed by atoms with Gasteiger partial charge in [-0.05, 0) is 76.7 Å². The molecule has 5 heterocycles. The molecule has 0 N–H and O–H groups in total. The van der Waals surface area contributed by atoms with Gasteiger partial charge in [0.15, 0.2) is 14.0 Å². The van der Waals surface area contributed by atoms with Gasteiger partial charge in [-0.3, -0.25) is 0 Å². The Labute approximate surface area is 338 Å². The summed E-state index contributed by atoms with van der Waals surface area (Å²) in [5.41, 5.74) is 2.24. The van der Waals surface area contributed by atoms with Crippen LogP contribution in [0.2, 0.25) is 69.5 Å². The molecule has 2 bridgehead atoms. The van der Waals surface area contributed by atoms with E-state index in [1.54, 1.807) is 11.3 Å². The van der Waals surface area contributed by atoms with Gasteiger partial charge in [-0.15, -0.1) is 11.3 Å². The van der Waals surface area contributed by atoms with Crippen molar-refractivity contribution in [2.24, 2.45) is 0 Å². The van der Waals surface area contributed by atoms with Crippen molar-refractivity contribution in [1.82, 2.24) is 24.5 Å². The smallest absolute Gasteiger partial charge is 0.410 e. The van der Waals surface area contributed by atoms with Crippen molar-refractivity contribution >= 4 is 53.4 Å². The monoisotopic (exact) mass is 830 g/mol. The average Bonchev–Trinajstić information content (AvgIpc) is 3.76. The van der Waals surface area contributed by atoms with Gasteiger partial charge in [0.2, 0.25) is 0 Å². The number of fused-ring (bicyclic) bond motifs is 3. The Bertz CT molecular complexity index is 1720. The molecule has 11 nitrogen and oxygen atoms in total. The minimum atomic E-state index is -1.93. The number of ether oxygens (including phenoxy) is 3. The van der Waals surface area contributed by atoms with Crippen molar-refractivity contribution < 1.29 is 23.4 Å². The van der Waals surface area contributed by atoms with E-state index in [9.17, 15) is 4.79 Å². The molecule has 2 fully saturated rings. The van der Waals surface area contributed by atoms with Gasteiger partial charge in [0.1, 0.15) is 29.9 Å². The summed E-state index contributed by atoms with van der Waals surface area (Å²) in [7, 11) is -4.48. The minimum Gasteiger partial charge on any atom is -0.444 e. The zero-order valence-electron chi connectivity index (χ0n) is 36.4. The van der Waals surface area contributed by atoms with E-state index in [2.05, 4.69) is 84.1 Å². The summed E-state index contributed by atoms with van der Waals surface area (Å²) in [6, 6.07) is 4.63. The van der Waals surface area contributed by atoms with Crippen molar-refractivity contribution in [2.45, 2.75) is 167 Å². The number of aromatic nitrogens is 4. The molecular formula is C40H70N6O5SSi3. The number of anilines is 1. The molecule has 2 aliphatic rings. The van der Waals surface area contributed by atoms with E-state index >= 15 is 0 Å². The third-order valence-electron chi connectivity index (χ3n) is 11.2. The third kappa shape index (κ3) is 11.7. The highest BCUT2D eigenvalue weighted by atomic mass is 32.1. The average molecular weight is 831 g/mol. The van der Waals surface area contributed by atoms with Crippen LogP contribution >= 0.6 is 11.3 Å². The molecule has 55 heavy (non-hydrogen) atoms. The van der Waals surface area contributed by atoms with E-state index in [1.165, 1.54) is 0 Å². The fourth-order valence-corrected chi connectivity index (χ4v) is 10.2. The van der Waals surface area contributed by atoms with Gasteiger partial charge in [0.05, 0.1) is 23.2 Å². The van der Waals surface area contributed by atoms with E-state index in [0.717, 1.165) is 70.4 Å². The number of amides is 1. The maximum atomic E-state index is 13.4. The van der Waals surface area contributed by atoms with Gasteiger partial charge in [-0.2, -0.15) is 9.61 Å². The van der Waals surface area contributed by atoms with Gasteiger partial charge in [0.25, 0.3) is 0 Å². The molecule has 0 saturated carbocycles. The molecule has 3 aromatic heterocycles. The summed E-state index contributed by atoms with van der Waals surface area (Å²) < 4.78 is 27.2. The number of hydrogen-bond donors (Lipinski definition) is 0. The topological polar surface area (TPSA) is 104 Å². The lowest BCUT2D eigenvalue weighted by Gasteiger charge is -2.39. The Balaban J connectivity index is 1.51. The quantitative estimate of drug-likeness (QED) is 0.0793. The number of nitrogens with zero attached hydrogens (tertiary/aromatic N) is 6. The molecule has 15 heteroatoms. The number of carbonyl (C=O) groups is 1. The predicted molar refractivity (Wildman–Crippen MR) is 233 cm³/mol. The van der Waals surface area contributed by atoms with Crippen LogP contribution in [0.25, 0.3) is 16.1 Å². The predicted octanol–water partition coefficient (Wildman–Crippen LogP) is 10.5. The molecule has 0 aromatic carbocycles. The highest BCUT2D eigenvalue weighted by Crippen LogP contribution is 2.45. The number of carbonyl (C=O) groups excluding carboxylic acids is 1. The van der Waals surface area contributed by atoms with Crippen LogP contribution in [0, 0.1) is 0 Å². The van der Waals surface area contributed by atoms with Gasteiger partial charge in [-0.1, -0.05) is 60.1 Å². The zero-order chi connectivity index (χ0) is 40.6. The van der Waals surface area contributed by atoms with Crippen LogP contribution in [0.5, 0.6) is 0 Å². The summed E-state index contributed by atoms with van der Waals surface area (Å²) in [4.78, 5) is 28.8. The van der Waals surface area contributed by atoms with Crippen LogP contribution < -0.4 is 4.90 Å². The molecule has 3 atom stereocenters. The summed E-state index contributed by atoms with van der Waals surface area (Å²) >= 11 is 1.65. The summed E-state index contributed by atoms with van der Waals surface area (Å²) in [5, 5.41) is 6.05. The second-order valence-corrected chi connectivity index (χ2v) is 37.8. The van der Waals surface area contributed by atoms with E-state index < -0.39 is 30.1 Å². The molecular weight excluding hydrogens is 761 g/mol. The second-order valence-electron chi connectivity index (χ2n) is 20.7. The highest BCUT2D eigenvalue weighted by Gasteiger charge is 2.46. The SMILES string of the molecule is CC(C)(C)OC(=O)N1[C@@H]2CC[C@H]1CC(c1cc(N(COCC[Si](C)(C)C)COCC[Si](C)(C)C)n3ncc(-c4cnc(CO[Si](C)(C)C(C)(C)C)s4)c3n1)C2. The molecule has 1 unspecified atom stereocenters. The Hall–Kier alpha value is -2.15. The van der Waals surface area contributed by atoms with Crippen LogP contribution in [0.15, 0.2) is 18.5 Å². The lowest BCUT2D eigenvalue weighted by atomic mass is 9.88. The largest absolute Gasteiger partial charge is 0.444 e. The summed E-state index contributed by atoms with van der Waals surface area (Å²) in [5.74, 6) is 1.08. The first-order valence-corrected chi connectivity index (χ1v) is 31.4. The molecule has 0 spiro atoms. The van der Waals surface area contributed by atoms with E-state index in [4.69, 9.17) is 33.7 Å². The van der Waals surface area contributed by atoms with Crippen molar-refractivity contribution in [1.29, 1.82) is 0 Å². The zero-order valence-corrected chi connectivity index (χ0v) is 40.2. The third-order valence-corrected chi connectivity index (χ3v) is 20.1. The molecule has 1 amide bonds. The lowest BCUT2D eigenvalue weighted by Crippen LogP contribution is -2.48. The second kappa shape index (κ2) is 17.0. The first-order chi connectivity index (χ1) is 25.4. The number of piperidine rings is 1. The molecule has 2 saturated heterocycles. The summed E-state index contributed by atoms with van der Waals surface area (Å²) in [6.07, 6.45) is 7.32. The van der Waals surface area contributed by atoms with Crippen molar-refractivity contribution in [3.8, 4) is 10.4 Å². The van der Waals surface area contributed by atoms with Gasteiger partial charge < -0.3 is 28.4 Å². The van der Waals surface area contributed by atoms with Crippen LogP contribution in [0.1, 0.15) is 83.8 Å². The fraction of sp³-hybridized carbons (Fsp3) is 0.750. The fourth-order valence-electron chi connectivity index (χ4n) is 6.84. The molecule has 3 aromatic rings.